The first kappa shape index (κ1) is 35.6. The Bertz CT molecular complexity index is 1820. The topological polar surface area (TPSA) is 131 Å². The van der Waals surface area contributed by atoms with Crippen molar-refractivity contribution in [1.29, 1.82) is 0 Å². The van der Waals surface area contributed by atoms with Crippen molar-refractivity contribution in [3.63, 3.8) is 0 Å². The lowest BCUT2D eigenvalue weighted by atomic mass is 9.46. The molecule has 0 spiro atoms. The predicted octanol–water partition coefficient (Wildman–Crippen LogP) is 6.78. The first-order chi connectivity index (χ1) is 23.9. The number of Topliss-reactive ketones (excluding diaryl/α,β-unsaturated/α-hetero) is 1. The molecule has 9 nitrogen and oxygen atoms in total. The number of rotatable bonds is 6. The standard InChI is InChI=1S/C40H45F2NO8/c1-36(2,3)51-35(48)43-26-8-6-7-25(17-26)40(41,42)23-11-9-22(10-12-23)34-49-32-19-29-28-14-13-24-18-27(45)15-16-37(24,4)33(28)30(46)20-38(29,5)39(32,50-34)31(47)21-44/h6-12,15-18,28-30,32-34,44,46H,13-14,19-21H2,1-5H3,(H,43,48)/t28-,29-,30-,32+,33+,34+,37-,38-,39+/m0/s1. The van der Waals surface area contributed by atoms with Gasteiger partial charge >= 0.3 is 6.09 Å². The molecule has 11 heteroatoms. The minimum absolute atomic E-state index is 0.0118. The number of benzene rings is 2. The largest absolute Gasteiger partial charge is 0.444 e. The number of allylic oxidation sites excluding steroid dienone is 4. The summed E-state index contributed by atoms with van der Waals surface area (Å²) >= 11 is 0. The van der Waals surface area contributed by atoms with Crippen molar-refractivity contribution >= 4 is 23.3 Å². The molecule has 4 aliphatic carbocycles. The van der Waals surface area contributed by atoms with E-state index in [9.17, 15) is 24.6 Å². The Kier molecular flexibility index (Phi) is 8.49. The molecule has 272 valence electrons. The van der Waals surface area contributed by atoms with Crippen molar-refractivity contribution in [1.82, 2.24) is 0 Å². The maximum Gasteiger partial charge on any atom is 0.412 e. The fraction of sp³-hybridized carbons (Fsp3) is 0.525. The third-order valence-corrected chi connectivity index (χ3v) is 12.2. The van der Waals surface area contributed by atoms with Crippen LogP contribution in [0.15, 0.2) is 72.3 Å². The van der Waals surface area contributed by atoms with Crippen molar-refractivity contribution in [2.45, 2.75) is 95.9 Å². The summed E-state index contributed by atoms with van der Waals surface area (Å²) < 4.78 is 49.9. The molecule has 1 heterocycles. The summed E-state index contributed by atoms with van der Waals surface area (Å²) in [6.07, 6.45) is 3.96. The quantitative estimate of drug-likeness (QED) is 0.300. The zero-order chi connectivity index (χ0) is 36.7. The Morgan fingerprint density at radius 3 is 2.49 bits per heavy atom. The average molecular weight is 706 g/mol. The van der Waals surface area contributed by atoms with E-state index in [0.29, 0.717) is 18.4 Å². The minimum atomic E-state index is -3.42. The van der Waals surface area contributed by atoms with Crippen LogP contribution in [0.25, 0.3) is 0 Å². The fourth-order valence-electron chi connectivity index (χ4n) is 10.1. The number of fused-ring (bicyclic) bond motifs is 7. The monoisotopic (exact) mass is 705 g/mol. The van der Waals surface area contributed by atoms with Crippen molar-refractivity contribution < 1.29 is 47.6 Å². The molecule has 1 saturated heterocycles. The van der Waals surface area contributed by atoms with E-state index in [1.165, 1.54) is 48.5 Å². The first-order valence-corrected chi connectivity index (χ1v) is 17.6. The number of hydrogen-bond acceptors (Lipinski definition) is 8. The zero-order valence-corrected chi connectivity index (χ0v) is 29.5. The van der Waals surface area contributed by atoms with Gasteiger partial charge in [-0.15, -0.1) is 0 Å². The number of ether oxygens (including phenoxy) is 3. The maximum absolute atomic E-state index is 15.8. The van der Waals surface area contributed by atoms with E-state index >= 15 is 8.78 Å². The second-order valence-corrected chi connectivity index (χ2v) is 16.2. The number of aliphatic hydroxyl groups excluding tert-OH is 2. The highest BCUT2D eigenvalue weighted by Crippen LogP contribution is 2.70. The number of nitrogens with one attached hydrogen (secondary N) is 1. The smallest absolute Gasteiger partial charge is 0.412 e. The number of hydrogen-bond donors (Lipinski definition) is 3. The lowest BCUT2D eigenvalue weighted by molar-refractivity contribution is -0.201. The van der Waals surface area contributed by atoms with Crippen LogP contribution in [0.1, 0.15) is 83.3 Å². The van der Waals surface area contributed by atoms with E-state index in [4.69, 9.17) is 14.2 Å². The molecule has 2 aromatic carbocycles. The summed E-state index contributed by atoms with van der Waals surface area (Å²) in [6.45, 7) is 8.35. The van der Waals surface area contributed by atoms with E-state index in [1.54, 1.807) is 32.9 Å². The van der Waals surface area contributed by atoms with Gasteiger partial charge in [-0.3, -0.25) is 14.9 Å². The molecule has 1 aliphatic heterocycles. The Balaban J connectivity index is 1.13. The number of anilines is 1. The normalized spacial score (nSPS) is 35.6. The number of carbonyl (C=O) groups excluding carboxylic acids is 3. The lowest BCUT2D eigenvalue weighted by Gasteiger charge is -2.59. The van der Waals surface area contributed by atoms with Gasteiger partial charge in [-0.2, -0.15) is 8.78 Å². The van der Waals surface area contributed by atoms with Gasteiger partial charge in [-0.25, -0.2) is 4.79 Å². The third kappa shape index (κ3) is 5.59. The number of aliphatic hydroxyl groups is 2. The minimum Gasteiger partial charge on any atom is -0.444 e. The van der Waals surface area contributed by atoms with Crippen molar-refractivity contribution in [2.75, 3.05) is 11.9 Å². The highest BCUT2D eigenvalue weighted by atomic mass is 19.3. The average Bonchev–Trinajstić information content (AvgIpc) is 3.56. The summed E-state index contributed by atoms with van der Waals surface area (Å²) in [6, 6.07) is 10.9. The molecule has 2 aromatic rings. The number of halogens is 2. The Morgan fingerprint density at radius 1 is 1.08 bits per heavy atom. The second-order valence-electron chi connectivity index (χ2n) is 16.2. The van der Waals surface area contributed by atoms with Crippen LogP contribution in [-0.4, -0.2) is 57.9 Å². The van der Waals surface area contributed by atoms with Crippen LogP contribution in [0.3, 0.4) is 0 Å². The maximum atomic E-state index is 15.8. The Morgan fingerprint density at radius 2 is 1.80 bits per heavy atom. The second kappa shape index (κ2) is 12.1. The number of carbonyl (C=O) groups is 3. The predicted molar refractivity (Wildman–Crippen MR) is 183 cm³/mol. The van der Waals surface area contributed by atoms with Crippen LogP contribution in [0.2, 0.25) is 0 Å². The molecule has 9 atom stereocenters. The van der Waals surface area contributed by atoms with Crippen molar-refractivity contribution in [3.8, 4) is 0 Å². The molecule has 0 aromatic heterocycles. The highest BCUT2D eigenvalue weighted by Gasteiger charge is 2.75. The van der Waals surface area contributed by atoms with Crippen LogP contribution in [-0.2, 0) is 29.7 Å². The van der Waals surface area contributed by atoms with Gasteiger partial charge in [0.2, 0.25) is 0 Å². The van der Waals surface area contributed by atoms with Gasteiger partial charge in [0.1, 0.15) is 12.2 Å². The van der Waals surface area contributed by atoms with Gasteiger partial charge < -0.3 is 24.4 Å². The first-order valence-electron chi connectivity index (χ1n) is 17.6. The summed E-state index contributed by atoms with van der Waals surface area (Å²) in [5.74, 6) is -4.23. The molecular formula is C40H45F2NO8. The Hall–Kier alpha value is -3.77. The Labute approximate surface area is 296 Å². The van der Waals surface area contributed by atoms with Gasteiger partial charge in [0.05, 0.1) is 12.2 Å². The van der Waals surface area contributed by atoms with E-state index in [2.05, 4.69) is 12.2 Å². The van der Waals surface area contributed by atoms with Gasteiger partial charge in [-0.1, -0.05) is 61.9 Å². The molecule has 5 aliphatic rings. The van der Waals surface area contributed by atoms with Crippen LogP contribution < -0.4 is 5.32 Å². The van der Waals surface area contributed by atoms with Crippen LogP contribution in [0.5, 0.6) is 0 Å². The molecule has 3 N–H and O–H groups in total. The molecule has 4 fully saturated rings. The summed E-state index contributed by atoms with van der Waals surface area (Å²) in [4.78, 5) is 38.3. The van der Waals surface area contributed by atoms with Crippen LogP contribution >= 0.6 is 0 Å². The summed E-state index contributed by atoms with van der Waals surface area (Å²) in [5.41, 5.74) is -2.71. The van der Waals surface area contributed by atoms with E-state index in [-0.39, 0.29) is 46.8 Å². The van der Waals surface area contributed by atoms with Gasteiger partial charge in [-0.05, 0) is 82.6 Å². The molecule has 0 unspecified atom stereocenters. The number of amides is 1. The summed E-state index contributed by atoms with van der Waals surface area (Å²) in [5, 5.41) is 24.6. The molecule has 51 heavy (non-hydrogen) atoms. The number of alkyl halides is 2. The van der Waals surface area contributed by atoms with Gasteiger partial charge in [0, 0.05) is 39.1 Å². The van der Waals surface area contributed by atoms with Gasteiger partial charge in [0.25, 0.3) is 5.92 Å². The van der Waals surface area contributed by atoms with Gasteiger partial charge in [0.15, 0.2) is 23.5 Å². The van der Waals surface area contributed by atoms with Crippen LogP contribution in [0, 0.1) is 28.6 Å². The van der Waals surface area contributed by atoms with Crippen molar-refractivity contribution in [2.24, 2.45) is 28.6 Å². The molecule has 0 bridgehead atoms. The zero-order valence-electron chi connectivity index (χ0n) is 29.5. The number of ketones is 2. The van der Waals surface area contributed by atoms with Crippen LogP contribution in [0.4, 0.5) is 19.3 Å². The highest BCUT2D eigenvalue weighted by molar-refractivity contribution is 6.01. The SMILES string of the molecule is CC(C)(C)OC(=O)Nc1cccc(C(F)(F)c2ccc([C@@H]3O[C@@H]4C[C@H]5[C@@H]6CCC7=CC(=O)C=C[C@]7(C)[C@H]6[C@@H](O)C[C@]5(C)[C@]4(C(=O)CO)O3)cc2)c1. The summed E-state index contributed by atoms with van der Waals surface area (Å²) in [7, 11) is 0. The van der Waals surface area contributed by atoms with E-state index in [0.717, 1.165) is 12.0 Å². The molecule has 1 amide bonds. The van der Waals surface area contributed by atoms with E-state index < -0.39 is 64.9 Å². The lowest BCUT2D eigenvalue weighted by Crippen LogP contribution is -2.63. The molecule has 3 saturated carbocycles. The third-order valence-electron chi connectivity index (χ3n) is 12.2. The van der Waals surface area contributed by atoms with Crippen molar-refractivity contribution in [3.05, 3.63) is 89.0 Å². The molecular weight excluding hydrogens is 660 g/mol. The van der Waals surface area contributed by atoms with E-state index in [1.807, 2.05) is 13.0 Å². The molecule has 0 radical (unpaired) electrons. The fourth-order valence-corrected chi connectivity index (χ4v) is 10.1. The molecule has 7 rings (SSSR count).